The fraction of sp³-hybridized carbons (Fsp3) is 0.357. The summed E-state index contributed by atoms with van der Waals surface area (Å²) in [4.78, 5) is 14.5. The molecule has 1 aromatic heterocycles. The van der Waals surface area contributed by atoms with Gasteiger partial charge >= 0.3 is 0 Å². The second kappa shape index (κ2) is 7.26. The third-order valence-electron chi connectivity index (χ3n) is 3.05. The summed E-state index contributed by atoms with van der Waals surface area (Å²) in [5.74, 6) is 0. The highest BCUT2D eigenvalue weighted by Gasteiger charge is 2.10. The predicted molar refractivity (Wildman–Crippen MR) is 81.5 cm³/mol. The van der Waals surface area contributed by atoms with Gasteiger partial charge in [-0.3, -0.25) is 10.1 Å². The van der Waals surface area contributed by atoms with Crippen molar-refractivity contribution < 1.29 is 10.0 Å². The molecule has 6 nitrogen and oxygen atoms in total. The maximum absolute atomic E-state index is 10.6. The van der Waals surface area contributed by atoms with E-state index in [1.54, 1.807) is 23.5 Å². The molecular weight excluding hydrogens is 290 g/mol. The van der Waals surface area contributed by atoms with E-state index in [9.17, 15) is 15.2 Å². The lowest BCUT2D eigenvalue weighted by molar-refractivity contribution is -0.384. The molecule has 21 heavy (non-hydrogen) atoms. The van der Waals surface area contributed by atoms with Gasteiger partial charge in [-0.25, -0.2) is 4.98 Å². The molecule has 2 N–H and O–H groups in total. The number of nitrogens with one attached hydrogen (secondary N) is 1. The number of thiazole rings is 1. The summed E-state index contributed by atoms with van der Waals surface area (Å²) in [6.45, 7) is 3.11. The van der Waals surface area contributed by atoms with Crippen LogP contribution >= 0.6 is 11.3 Å². The molecule has 1 unspecified atom stereocenters. The molecule has 0 spiro atoms. The number of nitrogens with zero attached hydrogens (tertiary/aromatic N) is 2. The van der Waals surface area contributed by atoms with Crippen LogP contribution in [0.5, 0.6) is 0 Å². The Hall–Kier alpha value is -1.83. The van der Waals surface area contributed by atoms with Crippen LogP contribution in [0, 0.1) is 17.0 Å². The van der Waals surface area contributed by atoms with Gasteiger partial charge in [0.2, 0.25) is 0 Å². The normalized spacial score (nSPS) is 12.3. The van der Waals surface area contributed by atoms with E-state index < -0.39 is 11.0 Å². The summed E-state index contributed by atoms with van der Waals surface area (Å²) < 4.78 is 0. The highest BCUT2D eigenvalue weighted by molar-refractivity contribution is 7.09. The Kier molecular flexibility index (Phi) is 5.38. The van der Waals surface area contributed by atoms with Gasteiger partial charge in [-0.15, -0.1) is 11.3 Å². The minimum atomic E-state index is -0.678. The lowest BCUT2D eigenvalue weighted by atomic mass is 10.1. The summed E-state index contributed by atoms with van der Waals surface area (Å²) in [6.07, 6.45) is 0.139. The molecular formula is C14H17N3O3S. The number of aryl methyl sites for hydroxylation is 1. The summed E-state index contributed by atoms with van der Waals surface area (Å²) in [5.41, 5.74) is 1.74. The zero-order valence-electron chi connectivity index (χ0n) is 11.7. The maximum Gasteiger partial charge on any atom is 0.269 e. The molecule has 0 aliphatic heterocycles. The summed E-state index contributed by atoms with van der Waals surface area (Å²) in [5, 5.41) is 26.8. The van der Waals surface area contributed by atoms with Crippen LogP contribution in [0.15, 0.2) is 29.6 Å². The Labute approximate surface area is 126 Å². The van der Waals surface area contributed by atoms with Crippen LogP contribution in [-0.4, -0.2) is 28.1 Å². The quantitative estimate of drug-likeness (QED) is 0.465. The van der Waals surface area contributed by atoms with Gasteiger partial charge in [0.25, 0.3) is 5.69 Å². The first kappa shape index (κ1) is 15.6. The van der Waals surface area contributed by atoms with Gasteiger partial charge in [-0.1, -0.05) is 0 Å². The largest absolute Gasteiger partial charge is 0.387 e. The van der Waals surface area contributed by atoms with Crippen LogP contribution in [0.1, 0.15) is 22.4 Å². The Bertz CT molecular complexity index is 598. The second-order valence-corrected chi connectivity index (χ2v) is 5.74. The number of rotatable bonds is 7. The van der Waals surface area contributed by atoms with Crippen LogP contribution in [-0.2, 0) is 6.42 Å². The second-order valence-electron chi connectivity index (χ2n) is 4.68. The zero-order valence-corrected chi connectivity index (χ0v) is 12.5. The number of aliphatic hydroxyl groups is 1. The van der Waals surface area contributed by atoms with Crippen LogP contribution < -0.4 is 5.32 Å². The van der Waals surface area contributed by atoms with E-state index in [1.807, 2.05) is 12.3 Å². The van der Waals surface area contributed by atoms with Crippen molar-refractivity contribution in [2.24, 2.45) is 0 Å². The van der Waals surface area contributed by atoms with Crippen molar-refractivity contribution in [3.8, 4) is 0 Å². The zero-order chi connectivity index (χ0) is 15.2. The Balaban J connectivity index is 1.76. The molecule has 0 radical (unpaired) electrons. The van der Waals surface area contributed by atoms with Crippen LogP contribution in [0.4, 0.5) is 5.69 Å². The SMILES string of the molecule is Cc1nc(CCNCC(O)c2ccc([N+](=O)[O-])cc2)cs1. The molecule has 0 bridgehead atoms. The minimum absolute atomic E-state index is 0.0258. The number of hydrogen-bond donors (Lipinski definition) is 2. The molecule has 2 aromatic rings. The van der Waals surface area contributed by atoms with Gasteiger partial charge in [0.05, 0.1) is 21.7 Å². The topological polar surface area (TPSA) is 88.3 Å². The molecule has 1 heterocycles. The van der Waals surface area contributed by atoms with E-state index in [4.69, 9.17) is 0 Å². The molecule has 0 saturated heterocycles. The number of non-ortho nitro benzene ring substituents is 1. The first-order chi connectivity index (χ1) is 10.1. The molecule has 0 saturated carbocycles. The minimum Gasteiger partial charge on any atom is -0.387 e. The third kappa shape index (κ3) is 4.59. The fourth-order valence-electron chi connectivity index (χ4n) is 1.91. The number of nitro benzene ring substituents is 1. The lowest BCUT2D eigenvalue weighted by Crippen LogP contribution is -2.23. The smallest absolute Gasteiger partial charge is 0.269 e. The molecule has 1 atom stereocenters. The van der Waals surface area contributed by atoms with Crippen molar-refractivity contribution in [2.45, 2.75) is 19.4 Å². The highest BCUT2D eigenvalue weighted by atomic mass is 32.1. The Morgan fingerprint density at radius 1 is 1.43 bits per heavy atom. The Morgan fingerprint density at radius 3 is 2.71 bits per heavy atom. The summed E-state index contributed by atoms with van der Waals surface area (Å²) in [7, 11) is 0. The number of benzene rings is 1. The summed E-state index contributed by atoms with van der Waals surface area (Å²) >= 11 is 1.63. The fourth-order valence-corrected chi connectivity index (χ4v) is 2.56. The molecule has 2 rings (SSSR count). The van der Waals surface area contributed by atoms with E-state index in [1.165, 1.54) is 12.1 Å². The highest BCUT2D eigenvalue weighted by Crippen LogP contribution is 2.17. The van der Waals surface area contributed by atoms with Crippen LogP contribution in [0.3, 0.4) is 0 Å². The first-order valence-corrected chi connectivity index (χ1v) is 7.48. The van der Waals surface area contributed by atoms with E-state index in [0.29, 0.717) is 12.1 Å². The molecule has 7 heteroatoms. The number of aliphatic hydroxyl groups excluding tert-OH is 1. The van der Waals surface area contributed by atoms with Gasteiger partial charge in [-0.05, 0) is 24.6 Å². The van der Waals surface area contributed by atoms with Crippen molar-refractivity contribution in [3.05, 3.63) is 56.0 Å². The lowest BCUT2D eigenvalue weighted by Gasteiger charge is -2.11. The molecule has 0 aliphatic rings. The van der Waals surface area contributed by atoms with Gasteiger partial charge in [0.15, 0.2) is 0 Å². The van der Waals surface area contributed by atoms with Crippen molar-refractivity contribution >= 4 is 17.0 Å². The predicted octanol–water partition coefficient (Wildman–Crippen LogP) is 2.23. The number of hydrogen-bond acceptors (Lipinski definition) is 6. The maximum atomic E-state index is 10.6. The molecule has 0 aliphatic carbocycles. The van der Waals surface area contributed by atoms with Crippen LogP contribution in [0.25, 0.3) is 0 Å². The molecule has 0 amide bonds. The van der Waals surface area contributed by atoms with Gasteiger partial charge in [0.1, 0.15) is 0 Å². The van der Waals surface area contributed by atoms with Crippen molar-refractivity contribution in [1.82, 2.24) is 10.3 Å². The van der Waals surface area contributed by atoms with E-state index in [-0.39, 0.29) is 5.69 Å². The molecule has 112 valence electrons. The van der Waals surface area contributed by atoms with Crippen LogP contribution in [0.2, 0.25) is 0 Å². The number of nitro groups is 1. The standard InChI is InChI=1S/C14H17N3O3S/c1-10-16-12(9-21-10)6-7-15-8-14(18)11-2-4-13(5-3-11)17(19)20/h2-5,9,14-15,18H,6-8H2,1H3. The Morgan fingerprint density at radius 2 is 2.14 bits per heavy atom. The first-order valence-electron chi connectivity index (χ1n) is 6.60. The average Bonchev–Trinajstić information content (AvgIpc) is 2.89. The van der Waals surface area contributed by atoms with E-state index in [2.05, 4.69) is 10.3 Å². The van der Waals surface area contributed by atoms with Crippen molar-refractivity contribution in [2.75, 3.05) is 13.1 Å². The molecule has 1 aromatic carbocycles. The third-order valence-corrected chi connectivity index (χ3v) is 3.87. The van der Waals surface area contributed by atoms with Crippen molar-refractivity contribution in [1.29, 1.82) is 0 Å². The number of aromatic nitrogens is 1. The monoisotopic (exact) mass is 307 g/mol. The van der Waals surface area contributed by atoms with Gasteiger partial charge < -0.3 is 10.4 Å². The average molecular weight is 307 g/mol. The van der Waals surface area contributed by atoms with Crippen molar-refractivity contribution in [3.63, 3.8) is 0 Å². The van der Waals surface area contributed by atoms with E-state index >= 15 is 0 Å². The van der Waals surface area contributed by atoms with E-state index in [0.717, 1.165) is 23.7 Å². The summed E-state index contributed by atoms with van der Waals surface area (Å²) in [6, 6.07) is 5.95. The van der Waals surface area contributed by atoms with Gasteiger partial charge in [0, 0.05) is 37.0 Å². The van der Waals surface area contributed by atoms with Gasteiger partial charge in [-0.2, -0.15) is 0 Å². The molecule has 0 fully saturated rings.